The molecule has 0 saturated heterocycles. The number of nitrogens with two attached hydrogens (primary N) is 1. The van der Waals surface area contributed by atoms with Crippen molar-refractivity contribution in [3.05, 3.63) is 45.2 Å². The number of rotatable bonds is 2. The highest BCUT2D eigenvalue weighted by Crippen LogP contribution is 2.16. The number of anilines is 1. The Labute approximate surface area is 104 Å². The molecule has 0 atom stereocenters. The van der Waals surface area contributed by atoms with Gasteiger partial charge in [-0.25, -0.2) is 13.5 Å². The molecule has 0 spiro atoms. The zero-order valence-corrected chi connectivity index (χ0v) is 10.3. The van der Waals surface area contributed by atoms with Crippen molar-refractivity contribution < 1.29 is 8.78 Å². The summed E-state index contributed by atoms with van der Waals surface area (Å²) in [6.45, 7) is 0.253. The van der Waals surface area contributed by atoms with Gasteiger partial charge in [-0.1, -0.05) is 0 Å². The highest BCUT2D eigenvalue weighted by molar-refractivity contribution is 14.1. The number of halogens is 3. The van der Waals surface area contributed by atoms with E-state index in [1.54, 1.807) is 6.20 Å². The molecule has 16 heavy (non-hydrogen) atoms. The van der Waals surface area contributed by atoms with Crippen molar-refractivity contribution in [2.75, 3.05) is 5.73 Å². The molecule has 0 radical (unpaired) electrons. The molecule has 3 nitrogen and oxygen atoms in total. The molecule has 0 fully saturated rings. The number of nitrogen functional groups attached to an aromatic ring is 1. The van der Waals surface area contributed by atoms with E-state index in [4.69, 9.17) is 5.73 Å². The van der Waals surface area contributed by atoms with Gasteiger partial charge in [0.05, 0.1) is 16.3 Å². The summed E-state index contributed by atoms with van der Waals surface area (Å²) in [5, 5.41) is 4.01. The van der Waals surface area contributed by atoms with Crippen molar-refractivity contribution in [2.24, 2.45) is 0 Å². The lowest BCUT2D eigenvalue weighted by Crippen LogP contribution is -2.06. The minimum Gasteiger partial charge on any atom is -0.383 e. The van der Waals surface area contributed by atoms with Crippen LogP contribution < -0.4 is 5.73 Å². The van der Waals surface area contributed by atoms with Gasteiger partial charge in [0.2, 0.25) is 0 Å². The molecule has 0 unspecified atom stereocenters. The van der Waals surface area contributed by atoms with Gasteiger partial charge >= 0.3 is 0 Å². The summed E-state index contributed by atoms with van der Waals surface area (Å²) in [6, 6.07) is 3.35. The highest BCUT2D eigenvalue weighted by Gasteiger charge is 2.06. The average molecular weight is 335 g/mol. The lowest BCUT2D eigenvalue weighted by atomic mass is 10.2. The van der Waals surface area contributed by atoms with Gasteiger partial charge < -0.3 is 5.73 Å². The van der Waals surface area contributed by atoms with Crippen molar-refractivity contribution in [3.8, 4) is 0 Å². The predicted molar refractivity (Wildman–Crippen MR) is 64.8 cm³/mol. The minimum absolute atomic E-state index is 0.253. The summed E-state index contributed by atoms with van der Waals surface area (Å²) in [5.41, 5.74) is 6.22. The van der Waals surface area contributed by atoms with Crippen molar-refractivity contribution in [2.45, 2.75) is 6.54 Å². The summed E-state index contributed by atoms with van der Waals surface area (Å²) < 4.78 is 28.2. The van der Waals surface area contributed by atoms with E-state index >= 15 is 0 Å². The van der Waals surface area contributed by atoms with E-state index in [9.17, 15) is 8.78 Å². The molecule has 1 heterocycles. The Bertz CT molecular complexity index is 505. The van der Waals surface area contributed by atoms with E-state index in [0.29, 0.717) is 11.4 Å². The Morgan fingerprint density at radius 3 is 2.38 bits per heavy atom. The summed E-state index contributed by atoms with van der Waals surface area (Å²) >= 11 is 2.04. The van der Waals surface area contributed by atoms with E-state index in [-0.39, 0.29) is 6.54 Å². The molecule has 84 valence electrons. The van der Waals surface area contributed by atoms with Gasteiger partial charge in [0, 0.05) is 6.07 Å². The van der Waals surface area contributed by atoms with Crippen LogP contribution in [0.1, 0.15) is 5.56 Å². The van der Waals surface area contributed by atoms with Crippen LogP contribution in [0.4, 0.5) is 14.6 Å². The molecule has 2 aromatic rings. The van der Waals surface area contributed by atoms with Gasteiger partial charge in [-0.05, 0) is 40.3 Å². The van der Waals surface area contributed by atoms with E-state index in [1.807, 2.05) is 22.6 Å². The Hall–Kier alpha value is -1.18. The van der Waals surface area contributed by atoms with Gasteiger partial charge in [-0.2, -0.15) is 5.10 Å². The fourth-order valence-electron chi connectivity index (χ4n) is 1.37. The molecule has 1 aromatic heterocycles. The highest BCUT2D eigenvalue weighted by atomic mass is 127. The fraction of sp³-hybridized carbons (Fsp3) is 0.100. The van der Waals surface area contributed by atoms with Crippen LogP contribution in [-0.2, 0) is 6.54 Å². The molecule has 2 N–H and O–H groups in total. The Balaban J connectivity index is 2.30. The van der Waals surface area contributed by atoms with Crippen LogP contribution in [0.3, 0.4) is 0 Å². The monoisotopic (exact) mass is 335 g/mol. The lowest BCUT2D eigenvalue weighted by molar-refractivity contribution is 0.575. The van der Waals surface area contributed by atoms with Crippen LogP contribution in [0.25, 0.3) is 0 Å². The molecule has 1 aromatic carbocycles. The number of hydrogen-bond acceptors (Lipinski definition) is 2. The Morgan fingerprint density at radius 1 is 1.25 bits per heavy atom. The molecule has 0 amide bonds. The average Bonchev–Trinajstić information content (AvgIpc) is 2.48. The third-order valence-electron chi connectivity index (χ3n) is 2.09. The smallest absolute Gasteiger partial charge is 0.135 e. The van der Waals surface area contributed by atoms with E-state index in [2.05, 4.69) is 5.10 Å². The second-order valence-electron chi connectivity index (χ2n) is 3.31. The maximum Gasteiger partial charge on any atom is 0.135 e. The first-order valence-electron chi connectivity index (χ1n) is 4.48. The van der Waals surface area contributed by atoms with Gasteiger partial charge in [-0.3, -0.25) is 0 Å². The first-order chi connectivity index (χ1) is 7.56. The predicted octanol–water partition coefficient (Wildman–Crippen LogP) is 2.40. The number of hydrogen-bond donors (Lipinski definition) is 1. The third kappa shape index (κ3) is 2.31. The van der Waals surface area contributed by atoms with Crippen LogP contribution in [0, 0.1) is 15.2 Å². The summed E-state index contributed by atoms with van der Waals surface area (Å²) in [5.74, 6) is -0.712. The van der Waals surface area contributed by atoms with Crippen molar-refractivity contribution >= 4 is 28.4 Å². The lowest BCUT2D eigenvalue weighted by Gasteiger charge is -2.05. The Morgan fingerprint density at radius 2 is 1.88 bits per heavy atom. The standard InChI is InChI=1S/C10H8F2IN3/c11-7-1-6(2-8(12)3-7)5-16-10(14)9(13)4-15-16/h1-4H,5,14H2. The largest absolute Gasteiger partial charge is 0.383 e. The molecular formula is C10H8F2IN3. The second-order valence-corrected chi connectivity index (χ2v) is 4.48. The SMILES string of the molecule is Nc1c(I)cnn1Cc1cc(F)cc(F)c1. The second kappa shape index (κ2) is 4.36. The molecule has 0 aliphatic rings. The zero-order valence-electron chi connectivity index (χ0n) is 8.12. The van der Waals surface area contributed by atoms with Crippen LogP contribution in [-0.4, -0.2) is 9.78 Å². The summed E-state index contributed by atoms with van der Waals surface area (Å²) in [7, 11) is 0. The van der Waals surface area contributed by atoms with E-state index < -0.39 is 11.6 Å². The molecule has 0 saturated carbocycles. The molecule has 2 rings (SSSR count). The number of benzene rings is 1. The normalized spacial score (nSPS) is 10.7. The van der Waals surface area contributed by atoms with Crippen molar-refractivity contribution in [1.82, 2.24) is 9.78 Å². The quantitative estimate of drug-likeness (QED) is 0.857. The summed E-state index contributed by atoms with van der Waals surface area (Å²) in [6.07, 6.45) is 1.60. The zero-order chi connectivity index (χ0) is 11.7. The van der Waals surface area contributed by atoms with Crippen molar-refractivity contribution in [1.29, 1.82) is 0 Å². The summed E-state index contributed by atoms with van der Waals surface area (Å²) in [4.78, 5) is 0. The molecule has 6 heteroatoms. The Kier molecular flexibility index (Phi) is 3.08. The maximum atomic E-state index is 12.9. The van der Waals surface area contributed by atoms with Crippen molar-refractivity contribution in [3.63, 3.8) is 0 Å². The number of aromatic nitrogens is 2. The molecular weight excluding hydrogens is 327 g/mol. The van der Waals surface area contributed by atoms with E-state index in [0.717, 1.165) is 9.64 Å². The van der Waals surface area contributed by atoms with E-state index in [1.165, 1.54) is 16.8 Å². The third-order valence-corrected chi connectivity index (χ3v) is 2.92. The minimum atomic E-state index is -0.601. The molecule has 0 aliphatic carbocycles. The molecule has 0 aliphatic heterocycles. The first-order valence-corrected chi connectivity index (χ1v) is 5.56. The first kappa shape index (κ1) is 11.3. The van der Waals surface area contributed by atoms with Crippen LogP contribution in [0.2, 0.25) is 0 Å². The number of nitrogens with zero attached hydrogens (tertiary/aromatic N) is 2. The van der Waals surface area contributed by atoms with Gasteiger partial charge in [0.1, 0.15) is 17.5 Å². The van der Waals surface area contributed by atoms with Crippen LogP contribution in [0.5, 0.6) is 0 Å². The van der Waals surface area contributed by atoms with Crippen LogP contribution in [0.15, 0.2) is 24.4 Å². The van der Waals surface area contributed by atoms with Gasteiger partial charge in [0.15, 0.2) is 0 Å². The topological polar surface area (TPSA) is 43.8 Å². The molecule has 0 bridgehead atoms. The van der Waals surface area contributed by atoms with Gasteiger partial charge in [-0.15, -0.1) is 0 Å². The van der Waals surface area contributed by atoms with Crippen LogP contribution >= 0.6 is 22.6 Å². The maximum absolute atomic E-state index is 12.9. The van der Waals surface area contributed by atoms with Gasteiger partial charge in [0.25, 0.3) is 0 Å². The fourth-order valence-corrected chi connectivity index (χ4v) is 1.78.